The molecule has 0 aliphatic carbocycles. The lowest BCUT2D eigenvalue weighted by atomic mass is 10.2. The summed E-state index contributed by atoms with van der Waals surface area (Å²) >= 11 is 1.52. The Morgan fingerprint density at radius 2 is 2.08 bits per heavy atom. The zero-order chi connectivity index (χ0) is 18.7. The minimum Gasteiger partial charge on any atom is -0.355 e. The molecule has 5 nitrogen and oxygen atoms in total. The fourth-order valence-electron chi connectivity index (χ4n) is 2.31. The van der Waals surface area contributed by atoms with Crippen LogP contribution in [0, 0.1) is 17.5 Å². The molecule has 0 spiro atoms. The molecule has 0 atom stereocenters. The lowest BCUT2D eigenvalue weighted by Gasteiger charge is -2.15. The fourth-order valence-corrected chi connectivity index (χ4v) is 2.98. The lowest BCUT2D eigenvalue weighted by Crippen LogP contribution is -2.30. The van der Waals surface area contributed by atoms with Gasteiger partial charge in [0.1, 0.15) is 0 Å². The summed E-state index contributed by atoms with van der Waals surface area (Å²) in [4.78, 5) is 14.5. The Bertz CT molecular complexity index is 912. The van der Waals surface area contributed by atoms with Crippen LogP contribution < -0.4 is 5.32 Å². The highest BCUT2D eigenvalue weighted by molar-refractivity contribution is 7.13. The van der Waals surface area contributed by atoms with Crippen LogP contribution in [0.25, 0.3) is 10.6 Å². The van der Waals surface area contributed by atoms with Gasteiger partial charge in [-0.05, 0) is 30.6 Å². The van der Waals surface area contributed by atoms with E-state index in [1.165, 1.54) is 11.3 Å². The van der Waals surface area contributed by atoms with Crippen molar-refractivity contribution < 1.29 is 22.5 Å². The molecule has 1 aromatic carbocycles. The number of halogens is 3. The topological polar surface area (TPSA) is 58.4 Å². The molecular formula is C17H14F3N3O2S. The molecule has 9 heteroatoms. The molecule has 0 unspecified atom stereocenters. The molecule has 0 fully saturated rings. The molecule has 0 radical (unpaired) electrons. The molecule has 0 saturated heterocycles. The number of amides is 1. The number of thiophene rings is 1. The van der Waals surface area contributed by atoms with Gasteiger partial charge >= 0.3 is 0 Å². The third-order valence-electron chi connectivity index (χ3n) is 3.48. The van der Waals surface area contributed by atoms with E-state index >= 15 is 0 Å². The van der Waals surface area contributed by atoms with Crippen LogP contribution in [0.15, 0.2) is 40.2 Å². The van der Waals surface area contributed by atoms with E-state index in [0.717, 1.165) is 17.0 Å². The normalized spacial score (nSPS) is 11.1. The monoisotopic (exact) mass is 381 g/mol. The molecule has 2 aromatic heterocycles. The molecule has 1 N–H and O–H groups in total. The summed E-state index contributed by atoms with van der Waals surface area (Å²) in [6, 6.07) is 7.30. The maximum atomic E-state index is 13.6. The second-order valence-corrected chi connectivity index (χ2v) is 6.55. The SMILES string of the molecule is CN(CC(=O)Nc1ccc(F)c(F)c1F)Cc1cc(-c2cccs2)on1. The molecule has 3 aromatic rings. The van der Waals surface area contributed by atoms with Gasteiger partial charge in [-0.15, -0.1) is 11.3 Å². The highest BCUT2D eigenvalue weighted by Crippen LogP contribution is 2.25. The molecular weight excluding hydrogens is 367 g/mol. The molecule has 3 rings (SSSR count). The Morgan fingerprint density at radius 1 is 1.27 bits per heavy atom. The van der Waals surface area contributed by atoms with E-state index in [2.05, 4.69) is 10.5 Å². The zero-order valence-corrected chi connectivity index (χ0v) is 14.4. The Balaban J connectivity index is 1.57. The van der Waals surface area contributed by atoms with Gasteiger partial charge in [0.05, 0.1) is 22.8 Å². The van der Waals surface area contributed by atoms with Gasteiger partial charge in [0.2, 0.25) is 5.91 Å². The summed E-state index contributed by atoms with van der Waals surface area (Å²) < 4.78 is 44.9. The summed E-state index contributed by atoms with van der Waals surface area (Å²) in [5, 5.41) is 8.09. The van der Waals surface area contributed by atoms with E-state index in [-0.39, 0.29) is 6.54 Å². The van der Waals surface area contributed by atoms with Crippen LogP contribution in [0.2, 0.25) is 0 Å². The summed E-state index contributed by atoms with van der Waals surface area (Å²) in [6.07, 6.45) is 0. The summed E-state index contributed by atoms with van der Waals surface area (Å²) in [5.41, 5.74) is 0.214. The van der Waals surface area contributed by atoms with E-state index in [4.69, 9.17) is 4.52 Å². The molecule has 26 heavy (non-hydrogen) atoms. The number of carbonyl (C=O) groups excluding carboxylic acids is 1. The van der Waals surface area contributed by atoms with Crippen molar-refractivity contribution >= 4 is 22.9 Å². The van der Waals surface area contributed by atoms with Gasteiger partial charge in [0.25, 0.3) is 0 Å². The first-order chi connectivity index (χ1) is 12.4. The van der Waals surface area contributed by atoms with Crippen LogP contribution in [0.5, 0.6) is 0 Å². The molecule has 0 saturated carbocycles. The first-order valence-electron chi connectivity index (χ1n) is 7.55. The van der Waals surface area contributed by atoms with Crippen LogP contribution in [-0.4, -0.2) is 29.6 Å². The highest BCUT2D eigenvalue weighted by atomic mass is 32.1. The van der Waals surface area contributed by atoms with E-state index < -0.39 is 29.0 Å². The van der Waals surface area contributed by atoms with Gasteiger partial charge in [-0.25, -0.2) is 13.2 Å². The Hall–Kier alpha value is -2.65. The third kappa shape index (κ3) is 4.12. The van der Waals surface area contributed by atoms with Crippen molar-refractivity contribution in [1.29, 1.82) is 0 Å². The van der Waals surface area contributed by atoms with E-state index in [1.807, 2.05) is 17.5 Å². The maximum absolute atomic E-state index is 13.6. The average molecular weight is 381 g/mol. The van der Waals surface area contributed by atoms with Crippen molar-refractivity contribution in [2.24, 2.45) is 0 Å². The molecule has 136 valence electrons. The number of benzene rings is 1. The van der Waals surface area contributed by atoms with Crippen LogP contribution >= 0.6 is 11.3 Å². The zero-order valence-electron chi connectivity index (χ0n) is 13.6. The summed E-state index contributed by atoms with van der Waals surface area (Å²) in [7, 11) is 1.67. The number of carbonyl (C=O) groups is 1. The fraction of sp³-hybridized carbons (Fsp3) is 0.176. The molecule has 0 aliphatic heterocycles. The number of likely N-dealkylation sites (N-methyl/N-ethyl adjacent to an activating group) is 1. The molecule has 1 amide bonds. The number of anilines is 1. The Labute approximate surface area is 151 Å². The highest BCUT2D eigenvalue weighted by Gasteiger charge is 2.17. The van der Waals surface area contributed by atoms with Crippen LogP contribution in [-0.2, 0) is 11.3 Å². The number of hydrogen-bond donors (Lipinski definition) is 1. The maximum Gasteiger partial charge on any atom is 0.238 e. The predicted molar refractivity (Wildman–Crippen MR) is 91.1 cm³/mol. The second kappa shape index (κ2) is 7.71. The van der Waals surface area contributed by atoms with Crippen LogP contribution in [0.3, 0.4) is 0 Å². The van der Waals surface area contributed by atoms with Gasteiger partial charge in [0.15, 0.2) is 23.2 Å². The van der Waals surface area contributed by atoms with Crippen molar-refractivity contribution in [3.63, 3.8) is 0 Å². The quantitative estimate of drug-likeness (QED) is 0.658. The average Bonchev–Trinajstić information content (AvgIpc) is 3.26. The van der Waals surface area contributed by atoms with Gasteiger partial charge < -0.3 is 9.84 Å². The first kappa shape index (κ1) is 18.2. The number of aromatic nitrogens is 1. The van der Waals surface area contributed by atoms with Crippen molar-refractivity contribution in [1.82, 2.24) is 10.1 Å². The second-order valence-electron chi connectivity index (χ2n) is 5.60. The van der Waals surface area contributed by atoms with Crippen molar-refractivity contribution in [2.45, 2.75) is 6.54 Å². The summed E-state index contributed by atoms with van der Waals surface area (Å²) in [6.45, 7) is 0.224. The summed E-state index contributed by atoms with van der Waals surface area (Å²) in [5.74, 6) is -4.31. The third-order valence-corrected chi connectivity index (χ3v) is 4.36. The van der Waals surface area contributed by atoms with Crippen LogP contribution in [0.4, 0.5) is 18.9 Å². The van der Waals surface area contributed by atoms with Gasteiger partial charge in [-0.2, -0.15) is 0 Å². The smallest absolute Gasteiger partial charge is 0.238 e. The first-order valence-corrected chi connectivity index (χ1v) is 8.43. The van der Waals surface area contributed by atoms with Crippen molar-refractivity contribution in [3.05, 3.63) is 58.9 Å². The Kier molecular flexibility index (Phi) is 5.38. The van der Waals surface area contributed by atoms with Crippen molar-refractivity contribution in [3.8, 4) is 10.6 Å². The largest absolute Gasteiger partial charge is 0.355 e. The van der Waals surface area contributed by atoms with Crippen molar-refractivity contribution in [2.75, 3.05) is 18.9 Å². The number of nitrogens with one attached hydrogen (secondary N) is 1. The number of nitrogens with zero attached hydrogens (tertiary/aromatic N) is 2. The number of hydrogen-bond acceptors (Lipinski definition) is 5. The van der Waals surface area contributed by atoms with Crippen LogP contribution in [0.1, 0.15) is 5.69 Å². The molecule has 2 heterocycles. The minimum absolute atomic E-state index is 0.0976. The van der Waals surface area contributed by atoms with Gasteiger partial charge in [-0.1, -0.05) is 11.2 Å². The van der Waals surface area contributed by atoms with Gasteiger partial charge in [-0.3, -0.25) is 9.69 Å². The number of rotatable bonds is 6. The Morgan fingerprint density at radius 3 is 2.81 bits per heavy atom. The minimum atomic E-state index is -1.63. The van der Waals surface area contributed by atoms with E-state index in [9.17, 15) is 18.0 Å². The lowest BCUT2D eigenvalue weighted by molar-refractivity contribution is -0.117. The predicted octanol–water partition coefficient (Wildman–Crippen LogP) is 3.89. The van der Waals surface area contributed by atoms with Gasteiger partial charge in [0, 0.05) is 12.6 Å². The molecule has 0 bridgehead atoms. The van der Waals surface area contributed by atoms with E-state index in [0.29, 0.717) is 18.0 Å². The van der Waals surface area contributed by atoms with E-state index in [1.54, 1.807) is 18.0 Å². The standard InChI is InChI=1S/C17H14F3N3O2S/c1-23(8-10-7-13(25-22-10)14-3-2-6-26-14)9-15(24)21-12-5-4-11(18)16(19)17(12)20/h2-7H,8-9H2,1H3,(H,21,24). The molecule has 0 aliphatic rings.